The van der Waals surface area contributed by atoms with E-state index in [0.717, 1.165) is 0 Å². The van der Waals surface area contributed by atoms with Crippen molar-refractivity contribution in [1.29, 1.82) is 0 Å². The Labute approximate surface area is 104 Å². The average molecular weight is 307 g/mol. The van der Waals surface area contributed by atoms with Gasteiger partial charge in [-0.05, 0) is 27.4 Å². The monoisotopic (exact) mass is 306 g/mol. The van der Waals surface area contributed by atoms with Gasteiger partial charge in [0, 0.05) is 6.20 Å². The van der Waals surface area contributed by atoms with Gasteiger partial charge in [-0.15, -0.1) is 0 Å². The summed E-state index contributed by atoms with van der Waals surface area (Å²) >= 11 is 3.17. The van der Waals surface area contributed by atoms with Gasteiger partial charge in [0.05, 0.1) is 15.1 Å². The molecule has 16 heavy (non-hydrogen) atoms. The Kier molecular flexibility index (Phi) is 3.64. The van der Waals surface area contributed by atoms with Gasteiger partial charge in [0.25, 0.3) is 0 Å². The van der Waals surface area contributed by atoms with Crippen molar-refractivity contribution in [2.24, 2.45) is 5.41 Å². The predicted molar refractivity (Wildman–Crippen MR) is 67.9 cm³/mol. The van der Waals surface area contributed by atoms with E-state index in [0.29, 0.717) is 4.47 Å². The highest BCUT2D eigenvalue weighted by Crippen LogP contribution is 2.25. The number of hydrogen-bond donors (Lipinski definition) is 1. The number of rotatable bonds is 2. The Morgan fingerprint density at radius 2 is 2.00 bits per heavy atom. The van der Waals surface area contributed by atoms with Gasteiger partial charge in [-0.2, -0.15) is 0 Å². The summed E-state index contributed by atoms with van der Waals surface area (Å²) in [6.45, 7) is 5.64. The van der Waals surface area contributed by atoms with Crippen LogP contribution in [0.25, 0.3) is 0 Å². The zero-order valence-corrected chi connectivity index (χ0v) is 11.9. The number of halogens is 1. The van der Waals surface area contributed by atoms with Gasteiger partial charge >= 0.3 is 0 Å². The summed E-state index contributed by atoms with van der Waals surface area (Å²) in [6.07, 6.45) is 1.29. The van der Waals surface area contributed by atoms with Crippen molar-refractivity contribution in [3.8, 4) is 0 Å². The van der Waals surface area contributed by atoms with Crippen LogP contribution in [-0.2, 0) is 9.84 Å². The molecule has 6 heteroatoms. The lowest BCUT2D eigenvalue weighted by molar-refractivity contribution is 0.461. The number of nitrogen functional groups attached to an aromatic ring is 1. The van der Waals surface area contributed by atoms with Crippen molar-refractivity contribution in [2.75, 3.05) is 11.5 Å². The van der Waals surface area contributed by atoms with Crippen molar-refractivity contribution in [3.63, 3.8) is 0 Å². The second-order valence-electron chi connectivity index (χ2n) is 4.86. The van der Waals surface area contributed by atoms with E-state index >= 15 is 0 Å². The first-order valence-electron chi connectivity index (χ1n) is 4.76. The molecule has 2 N–H and O–H groups in total. The highest BCUT2D eigenvalue weighted by atomic mass is 79.9. The van der Waals surface area contributed by atoms with Crippen molar-refractivity contribution in [3.05, 3.63) is 16.7 Å². The fraction of sp³-hybridized carbons (Fsp3) is 0.500. The Hall–Kier alpha value is -0.620. The minimum atomic E-state index is -3.31. The molecule has 0 saturated heterocycles. The smallest absolute Gasteiger partial charge is 0.180 e. The fourth-order valence-electron chi connectivity index (χ4n) is 1.25. The topological polar surface area (TPSA) is 73.0 Å². The summed E-state index contributed by atoms with van der Waals surface area (Å²) in [5.41, 5.74) is 5.22. The van der Waals surface area contributed by atoms with Gasteiger partial charge in [-0.3, -0.25) is 0 Å². The van der Waals surface area contributed by atoms with Gasteiger partial charge in [-0.1, -0.05) is 20.8 Å². The number of aromatic nitrogens is 1. The maximum Gasteiger partial charge on any atom is 0.180 e. The summed E-state index contributed by atoms with van der Waals surface area (Å²) in [7, 11) is -3.31. The number of nitrogens with two attached hydrogens (primary N) is 1. The molecule has 0 bridgehead atoms. The van der Waals surface area contributed by atoms with Crippen LogP contribution < -0.4 is 5.73 Å². The average Bonchev–Trinajstić information content (AvgIpc) is 2.05. The minimum Gasteiger partial charge on any atom is -0.383 e. The van der Waals surface area contributed by atoms with Crippen molar-refractivity contribution < 1.29 is 8.42 Å². The van der Waals surface area contributed by atoms with Crippen LogP contribution in [0.4, 0.5) is 5.82 Å². The lowest BCUT2D eigenvalue weighted by atomic mass is 10.0. The fourth-order valence-corrected chi connectivity index (χ4v) is 3.57. The van der Waals surface area contributed by atoms with Gasteiger partial charge in [0.15, 0.2) is 9.84 Å². The summed E-state index contributed by atoms with van der Waals surface area (Å²) in [5.74, 6) is 0.368. The Morgan fingerprint density at radius 1 is 1.44 bits per heavy atom. The van der Waals surface area contributed by atoms with Crippen molar-refractivity contribution in [1.82, 2.24) is 4.98 Å². The van der Waals surface area contributed by atoms with Crippen LogP contribution in [0.15, 0.2) is 21.6 Å². The minimum absolute atomic E-state index is 0.0814. The molecule has 90 valence electrons. The van der Waals surface area contributed by atoms with Gasteiger partial charge in [-0.25, -0.2) is 13.4 Å². The number of anilines is 1. The third kappa shape index (κ3) is 3.45. The van der Waals surface area contributed by atoms with Crippen molar-refractivity contribution >= 4 is 31.6 Å². The second-order valence-corrected chi connectivity index (χ2v) is 7.70. The first kappa shape index (κ1) is 13.4. The van der Waals surface area contributed by atoms with Crippen LogP contribution in [0, 0.1) is 5.41 Å². The lowest BCUT2D eigenvalue weighted by Gasteiger charge is -2.18. The molecule has 1 heterocycles. The SMILES string of the molecule is CC(C)(C)CS(=O)(=O)c1cnc(N)c(Br)c1. The highest BCUT2D eigenvalue weighted by molar-refractivity contribution is 9.10. The van der Waals surface area contributed by atoms with Crippen LogP contribution in [0.5, 0.6) is 0 Å². The maximum absolute atomic E-state index is 12.0. The Morgan fingerprint density at radius 3 is 2.44 bits per heavy atom. The molecular formula is C10H15BrN2O2S. The molecule has 0 spiro atoms. The van der Waals surface area contributed by atoms with E-state index in [1.807, 2.05) is 20.8 Å². The number of sulfone groups is 1. The molecule has 0 radical (unpaired) electrons. The van der Waals surface area contributed by atoms with E-state index in [4.69, 9.17) is 5.73 Å². The van der Waals surface area contributed by atoms with Crippen LogP contribution in [-0.4, -0.2) is 19.2 Å². The molecular weight excluding hydrogens is 292 g/mol. The molecule has 0 aliphatic carbocycles. The zero-order valence-electron chi connectivity index (χ0n) is 9.49. The normalized spacial score (nSPS) is 12.8. The van der Waals surface area contributed by atoms with E-state index in [1.54, 1.807) is 0 Å². The molecule has 0 saturated carbocycles. The molecule has 0 aliphatic heterocycles. The third-order valence-electron chi connectivity index (χ3n) is 1.83. The molecule has 1 aromatic heterocycles. The van der Waals surface area contributed by atoms with Crippen LogP contribution in [0.1, 0.15) is 20.8 Å². The molecule has 1 rings (SSSR count). The second kappa shape index (κ2) is 4.33. The Balaban J connectivity index is 3.13. The van der Waals surface area contributed by atoms with E-state index in [9.17, 15) is 8.42 Å². The number of pyridine rings is 1. The van der Waals surface area contributed by atoms with E-state index in [-0.39, 0.29) is 21.9 Å². The summed E-state index contributed by atoms with van der Waals surface area (Å²) in [5, 5.41) is 0. The number of nitrogens with zero attached hydrogens (tertiary/aromatic N) is 1. The quantitative estimate of drug-likeness (QED) is 0.909. The van der Waals surface area contributed by atoms with E-state index in [2.05, 4.69) is 20.9 Å². The first-order chi connectivity index (χ1) is 7.12. The first-order valence-corrected chi connectivity index (χ1v) is 7.20. The van der Waals surface area contributed by atoms with E-state index < -0.39 is 9.84 Å². The maximum atomic E-state index is 12.0. The van der Waals surface area contributed by atoms with E-state index in [1.165, 1.54) is 12.3 Å². The molecule has 4 nitrogen and oxygen atoms in total. The number of hydrogen-bond acceptors (Lipinski definition) is 4. The molecule has 1 aromatic rings. The summed E-state index contributed by atoms with van der Waals surface area (Å²) in [4.78, 5) is 4.02. The third-order valence-corrected chi connectivity index (χ3v) is 4.65. The summed E-state index contributed by atoms with van der Waals surface area (Å²) < 4.78 is 24.5. The zero-order chi connectivity index (χ0) is 12.6. The molecule has 0 amide bonds. The van der Waals surface area contributed by atoms with Gasteiger partial charge < -0.3 is 5.73 Å². The van der Waals surface area contributed by atoms with Crippen molar-refractivity contribution in [2.45, 2.75) is 25.7 Å². The lowest BCUT2D eigenvalue weighted by Crippen LogP contribution is -2.21. The molecule has 0 unspecified atom stereocenters. The van der Waals surface area contributed by atoms with Crippen LogP contribution in [0.3, 0.4) is 0 Å². The van der Waals surface area contributed by atoms with Crippen LogP contribution in [0.2, 0.25) is 0 Å². The van der Waals surface area contributed by atoms with Gasteiger partial charge in [0.1, 0.15) is 5.82 Å². The van der Waals surface area contributed by atoms with Gasteiger partial charge in [0.2, 0.25) is 0 Å². The molecule has 0 atom stereocenters. The molecule has 0 aliphatic rings. The van der Waals surface area contributed by atoms with Crippen LogP contribution >= 0.6 is 15.9 Å². The highest BCUT2D eigenvalue weighted by Gasteiger charge is 2.24. The Bertz CT molecular complexity index is 492. The standard InChI is InChI=1S/C10H15BrN2O2S/c1-10(2,3)6-16(14,15)7-4-8(11)9(12)13-5-7/h4-5H,6H2,1-3H3,(H2,12,13). The predicted octanol–water partition coefficient (Wildman–Crippen LogP) is 2.25. The molecule has 0 aromatic carbocycles. The summed E-state index contributed by atoms with van der Waals surface area (Å²) in [6, 6.07) is 1.49. The molecule has 0 fully saturated rings. The largest absolute Gasteiger partial charge is 0.383 e.